The van der Waals surface area contributed by atoms with E-state index < -0.39 is 0 Å². The number of nitrogens with zero attached hydrogens (tertiary/aromatic N) is 8. The molecule has 2 heterocycles. The molecule has 0 saturated carbocycles. The Morgan fingerprint density at radius 2 is 1.00 bits per heavy atom. The van der Waals surface area contributed by atoms with Crippen molar-refractivity contribution >= 4 is 0 Å². The van der Waals surface area contributed by atoms with Crippen LogP contribution in [-0.4, -0.2) is 34.1 Å². The fraction of sp³-hybridized carbons (Fsp3) is 0.222. The van der Waals surface area contributed by atoms with Crippen LogP contribution in [0.15, 0.2) is 81.6 Å². The number of halogens is 1. The van der Waals surface area contributed by atoms with Gasteiger partial charge in [0, 0.05) is 14.1 Å². The molecule has 2 aromatic carbocycles. The molecule has 0 N–H and O–H groups in total. The zero-order valence-corrected chi connectivity index (χ0v) is 18.4. The minimum atomic E-state index is 0. The fourth-order valence-corrected chi connectivity index (χ4v) is 2.28. The van der Waals surface area contributed by atoms with Gasteiger partial charge in [-0.25, -0.2) is 20.0 Å². The third kappa shape index (κ3) is 7.85. The number of hydrogen-bond donors (Lipinski definition) is 0. The van der Waals surface area contributed by atoms with Gasteiger partial charge in [0.1, 0.15) is 0 Å². The van der Waals surface area contributed by atoms with Gasteiger partial charge >= 0.3 is 22.4 Å². The average Bonchev–Trinajstić information content (AvgIpc) is 3.25. The van der Waals surface area contributed by atoms with Crippen LogP contribution in [0.5, 0.6) is 0 Å². The number of rotatable bonds is 4. The quantitative estimate of drug-likeness (QED) is 0.493. The topological polar surface area (TPSA) is 62.4 Å². The summed E-state index contributed by atoms with van der Waals surface area (Å²) in [5.74, 6) is 0. The van der Waals surface area contributed by atoms with Gasteiger partial charge in [0.2, 0.25) is 13.3 Å². The molecule has 0 saturated heterocycles. The predicted octanol–water partition coefficient (Wildman–Crippen LogP) is 0.426. The monoisotopic (exact) mass is 580 g/mol. The largest absolute Gasteiger partial charge is 1.00 e. The van der Waals surface area contributed by atoms with Crippen LogP contribution in [0.3, 0.4) is 0 Å². The summed E-state index contributed by atoms with van der Waals surface area (Å²) in [4.78, 5) is 0. The number of hydrogen-bond acceptors (Lipinski definition) is 8. The summed E-state index contributed by atoms with van der Waals surface area (Å²) in [7, 11) is 3.60. The first-order chi connectivity index (χ1) is 12.7. The van der Waals surface area contributed by atoms with Crippen LogP contribution in [0.25, 0.3) is 0 Å². The molecule has 8 nitrogen and oxygen atoms in total. The van der Waals surface area contributed by atoms with Gasteiger partial charge in [-0.05, 0) is 11.1 Å². The van der Waals surface area contributed by atoms with Gasteiger partial charge in [-0.1, -0.05) is 81.6 Å². The molecule has 4 rings (SSSR count). The maximum absolute atomic E-state index is 3.89. The van der Waals surface area contributed by atoms with Crippen LogP contribution in [0, 0.1) is 13.3 Å². The summed E-state index contributed by atoms with van der Waals surface area (Å²) in [5, 5.41) is 21.8. The Bertz CT molecular complexity index is 667. The molecule has 2 aliphatic rings. The smallest absolute Gasteiger partial charge is 1.00 e. The third-order valence-electron chi connectivity index (χ3n) is 3.43. The third-order valence-corrected chi connectivity index (χ3v) is 3.43. The molecule has 0 spiro atoms. The van der Waals surface area contributed by atoms with E-state index in [1.165, 1.54) is 11.1 Å². The van der Waals surface area contributed by atoms with E-state index in [-0.39, 0.29) is 34.8 Å². The minimum Gasteiger partial charge on any atom is -1.00 e. The van der Waals surface area contributed by atoms with E-state index in [4.69, 9.17) is 0 Å². The first-order valence-electron chi connectivity index (χ1n) is 8.15. The normalized spacial score (nSPS) is 14.4. The maximum Gasteiger partial charge on any atom is 1.00 e. The molecule has 150 valence electrons. The van der Waals surface area contributed by atoms with E-state index in [1.807, 2.05) is 36.4 Å². The van der Waals surface area contributed by atoms with Gasteiger partial charge in [-0.2, -0.15) is 0 Å². The Kier molecular flexibility index (Phi) is 10.5. The van der Waals surface area contributed by atoms with Crippen molar-refractivity contribution in [3.05, 3.63) is 85.1 Å². The molecule has 28 heavy (non-hydrogen) atoms. The van der Waals surface area contributed by atoms with Crippen molar-refractivity contribution in [3.63, 3.8) is 0 Å². The second-order valence-corrected chi connectivity index (χ2v) is 5.69. The van der Waals surface area contributed by atoms with Gasteiger partial charge in [-0.3, -0.25) is 0 Å². The summed E-state index contributed by atoms with van der Waals surface area (Å²) in [6.07, 6.45) is 0. The van der Waals surface area contributed by atoms with E-state index in [9.17, 15) is 0 Å². The standard InChI is InChI=1S/2C9H10N4.Au.ClH/c2*1-12-8-13(11-10-12)7-9-5-3-2-4-6-9;;/h2*2-6H,7H2,1H3;;1H/q;;+1;/p-1. The molecule has 0 amide bonds. The minimum absolute atomic E-state index is 0. The molecule has 2 aliphatic heterocycles. The van der Waals surface area contributed by atoms with Gasteiger partial charge in [0.15, 0.2) is 0 Å². The number of benzene rings is 2. The van der Waals surface area contributed by atoms with E-state index >= 15 is 0 Å². The predicted molar refractivity (Wildman–Crippen MR) is 95.7 cm³/mol. The first kappa shape index (κ1) is 23.9. The van der Waals surface area contributed by atoms with Crippen molar-refractivity contribution in [1.29, 1.82) is 0 Å². The molecular weight excluding hydrogens is 561 g/mol. The second kappa shape index (κ2) is 12.4. The molecule has 0 aliphatic carbocycles. The molecule has 10 heteroatoms. The molecule has 0 aromatic heterocycles. The van der Waals surface area contributed by atoms with E-state index in [2.05, 4.69) is 58.5 Å². The van der Waals surface area contributed by atoms with Crippen LogP contribution in [0.2, 0.25) is 0 Å². The van der Waals surface area contributed by atoms with E-state index in [0.717, 1.165) is 0 Å². The molecular formula is C18H20AuClN8. The molecule has 0 atom stereocenters. The van der Waals surface area contributed by atoms with Crippen LogP contribution in [-0.2, 0) is 35.5 Å². The Morgan fingerprint density at radius 3 is 1.29 bits per heavy atom. The van der Waals surface area contributed by atoms with Crippen molar-refractivity contribution < 1.29 is 34.8 Å². The van der Waals surface area contributed by atoms with Gasteiger partial charge in [-0.15, -0.1) is 0 Å². The van der Waals surface area contributed by atoms with Crippen LogP contribution >= 0.6 is 0 Å². The van der Waals surface area contributed by atoms with Crippen molar-refractivity contribution in [3.8, 4) is 0 Å². The molecule has 0 unspecified atom stereocenters. The summed E-state index contributed by atoms with van der Waals surface area (Å²) in [6, 6.07) is 20.2. The summed E-state index contributed by atoms with van der Waals surface area (Å²) >= 11 is 0. The van der Waals surface area contributed by atoms with Crippen molar-refractivity contribution in [2.75, 3.05) is 14.1 Å². The Hall–Kier alpha value is -2.13. The Labute approximate surface area is 187 Å². The van der Waals surface area contributed by atoms with Crippen molar-refractivity contribution in [2.45, 2.75) is 13.1 Å². The van der Waals surface area contributed by atoms with Gasteiger partial charge < -0.3 is 12.4 Å². The van der Waals surface area contributed by atoms with Crippen LogP contribution < -0.4 is 12.4 Å². The maximum atomic E-state index is 3.89. The van der Waals surface area contributed by atoms with E-state index in [0.29, 0.717) is 13.1 Å². The van der Waals surface area contributed by atoms with E-state index in [1.54, 1.807) is 34.1 Å². The molecule has 4 radical (unpaired) electrons. The molecule has 0 bridgehead atoms. The summed E-state index contributed by atoms with van der Waals surface area (Å²) in [5.41, 5.74) is 2.40. The van der Waals surface area contributed by atoms with Crippen molar-refractivity contribution in [1.82, 2.24) is 20.0 Å². The average molecular weight is 581 g/mol. The fourth-order valence-electron chi connectivity index (χ4n) is 2.28. The summed E-state index contributed by atoms with van der Waals surface area (Å²) < 4.78 is 0. The summed E-state index contributed by atoms with van der Waals surface area (Å²) in [6.45, 7) is 7.31. The van der Waals surface area contributed by atoms with Crippen molar-refractivity contribution in [2.24, 2.45) is 20.9 Å². The van der Waals surface area contributed by atoms with Crippen LogP contribution in [0.1, 0.15) is 11.1 Å². The second-order valence-electron chi connectivity index (χ2n) is 5.69. The SMILES string of the molecule is CN1[C]N(Cc2ccccc2)N=N1.CN1[C]N(Cc2ccccc2)N=N1.[Au+].[Cl-]. The Balaban J connectivity index is 0.000000261. The zero-order valence-electron chi connectivity index (χ0n) is 15.4. The van der Waals surface area contributed by atoms with Crippen LogP contribution in [0.4, 0.5) is 0 Å². The van der Waals surface area contributed by atoms with Gasteiger partial charge in [0.25, 0.3) is 0 Å². The Morgan fingerprint density at radius 1 is 0.643 bits per heavy atom. The molecule has 2 aromatic rings. The molecule has 0 fully saturated rings. The first-order valence-corrected chi connectivity index (χ1v) is 8.15. The van der Waals surface area contributed by atoms with Gasteiger partial charge in [0.05, 0.1) is 13.1 Å². The zero-order chi connectivity index (χ0) is 18.2.